The van der Waals surface area contributed by atoms with E-state index in [2.05, 4.69) is 20.8 Å². The van der Waals surface area contributed by atoms with E-state index in [1.807, 2.05) is 43.3 Å². The van der Waals surface area contributed by atoms with E-state index in [1.165, 1.54) is 6.33 Å². The van der Waals surface area contributed by atoms with Crippen molar-refractivity contribution in [2.24, 2.45) is 0 Å². The van der Waals surface area contributed by atoms with Crippen molar-refractivity contribution in [1.29, 1.82) is 0 Å². The number of nitrogens with one attached hydrogen (secondary N) is 1. The van der Waals surface area contributed by atoms with E-state index in [9.17, 15) is 4.79 Å². The molecule has 7 nitrogen and oxygen atoms in total. The van der Waals surface area contributed by atoms with Gasteiger partial charge in [-0.3, -0.25) is 4.79 Å². The molecule has 0 saturated carbocycles. The first-order chi connectivity index (χ1) is 11.7. The van der Waals surface area contributed by atoms with Crippen molar-refractivity contribution in [2.75, 3.05) is 12.4 Å². The van der Waals surface area contributed by atoms with Gasteiger partial charge < -0.3 is 10.1 Å². The molecule has 0 aliphatic carbocycles. The van der Waals surface area contributed by atoms with Crippen LogP contribution in [0.1, 0.15) is 21.5 Å². The van der Waals surface area contributed by atoms with Crippen LogP contribution < -0.4 is 5.32 Å². The maximum Gasteiger partial charge on any atom is 0.255 e. The summed E-state index contributed by atoms with van der Waals surface area (Å²) in [6, 6.07) is 12.9. The average Bonchev–Trinajstić information content (AvgIpc) is 3.10. The fraction of sp³-hybridized carbons (Fsp3) is 0.176. The molecule has 0 atom stereocenters. The normalized spacial score (nSPS) is 10.6. The average molecular weight is 323 g/mol. The van der Waals surface area contributed by atoms with Crippen LogP contribution in [-0.2, 0) is 11.3 Å². The first-order valence-corrected chi connectivity index (χ1v) is 7.40. The van der Waals surface area contributed by atoms with Gasteiger partial charge in [0, 0.05) is 18.4 Å². The predicted molar refractivity (Wildman–Crippen MR) is 89.0 cm³/mol. The monoisotopic (exact) mass is 323 g/mol. The zero-order valence-electron chi connectivity index (χ0n) is 13.4. The number of methoxy groups -OCH3 is 1. The van der Waals surface area contributed by atoms with Gasteiger partial charge in [-0.05, 0) is 58.8 Å². The van der Waals surface area contributed by atoms with Crippen LogP contribution in [0.5, 0.6) is 0 Å². The smallest absolute Gasteiger partial charge is 0.255 e. The first kappa shape index (κ1) is 15.8. The molecule has 3 rings (SSSR count). The zero-order valence-corrected chi connectivity index (χ0v) is 13.4. The molecule has 1 aromatic heterocycles. The molecular formula is C17H17N5O2. The minimum Gasteiger partial charge on any atom is -0.380 e. The number of amides is 1. The summed E-state index contributed by atoms with van der Waals surface area (Å²) in [5.41, 5.74) is 4.07. The molecule has 0 spiro atoms. The number of carbonyl (C=O) groups excluding carboxylic acids is 1. The van der Waals surface area contributed by atoms with E-state index in [-0.39, 0.29) is 5.91 Å². The van der Waals surface area contributed by atoms with E-state index in [0.717, 1.165) is 16.8 Å². The summed E-state index contributed by atoms with van der Waals surface area (Å²) in [6.07, 6.45) is 1.53. The summed E-state index contributed by atoms with van der Waals surface area (Å²) in [7, 11) is 1.63. The maximum atomic E-state index is 12.4. The Kier molecular flexibility index (Phi) is 4.62. The Labute approximate surface area is 139 Å². The van der Waals surface area contributed by atoms with E-state index in [4.69, 9.17) is 4.74 Å². The van der Waals surface area contributed by atoms with Gasteiger partial charge in [-0.25, -0.2) is 4.68 Å². The van der Waals surface area contributed by atoms with Crippen molar-refractivity contribution < 1.29 is 9.53 Å². The molecule has 0 radical (unpaired) electrons. The third kappa shape index (κ3) is 3.47. The number of aryl methyl sites for hydroxylation is 1. The number of aromatic nitrogens is 4. The zero-order chi connectivity index (χ0) is 16.9. The fourth-order valence-corrected chi connectivity index (χ4v) is 2.43. The number of hydrogen-bond donors (Lipinski definition) is 1. The van der Waals surface area contributed by atoms with Crippen LogP contribution in [-0.4, -0.2) is 33.2 Å². The molecule has 2 aromatic carbocycles. The van der Waals surface area contributed by atoms with Gasteiger partial charge >= 0.3 is 0 Å². The topological polar surface area (TPSA) is 81.9 Å². The molecule has 3 aromatic rings. The molecule has 1 heterocycles. The van der Waals surface area contributed by atoms with E-state index < -0.39 is 0 Å². The molecule has 0 unspecified atom stereocenters. The van der Waals surface area contributed by atoms with Crippen molar-refractivity contribution in [3.05, 3.63) is 65.5 Å². The molecular weight excluding hydrogens is 306 g/mol. The Morgan fingerprint density at radius 2 is 2.12 bits per heavy atom. The van der Waals surface area contributed by atoms with Gasteiger partial charge in [-0.2, -0.15) is 0 Å². The van der Waals surface area contributed by atoms with Gasteiger partial charge in [0.1, 0.15) is 6.33 Å². The summed E-state index contributed by atoms with van der Waals surface area (Å²) >= 11 is 0. The highest BCUT2D eigenvalue weighted by Gasteiger charge is 2.09. The number of ether oxygens (including phenoxy) is 1. The van der Waals surface area contributed by atoms with Gasteiger partial charge in [-0.1, -0.05) is 12.1 Å². The summed E-state index contributed by atoms with van der Waals surface area (Å²) < 4.78 is 6.67. The fourth-order valence-electron chi connectivity index (χ4n) is 2.43. The number of nitrogens with zero attached hydrogens (tertiary/aromatic N) is 4. The molecule has 0 bridgehead atoms. The van der Waals surface area contributed by atoms with Crippen LogP contribution in [0.3, 0.4) is 0 Å². The highest BCUT2D eigenvalue weighted by molar-refractivity contribution is 6.04. The number of rotatable bonds is 5. The quantitative estimate of drug-likeness (QED) is 0.779. The molecule has 7 heteroatoms. The lowest BCUT2D eigenvalue weighted by atomic mass is 10.1. The van der Waals surface area contributed by atoms with Gasteiger partial charge in [0.15, 0.2) is 0 Å². The molecule has 0 aliphatic heterocycles. The lowest BCUT2D eigenvalue weighted by Gasteiger charge is -2.10. The Bertz CT molecular complexity index is 846. The van der Waals surface area contributed by atoms with Crippen LogP contribution in [0.4, 0.5) is 5.69 Å². The summed E-state index contributed by atoms with van der Waals surface area (Å²) in [4.78, 5) is 12.4. The van der Waals surface area contributed by atoms with Gasteiger partial charge in [0.05, 0.1) is 12.3 Å². The minimum atomic E-state index is -0.164. The second-order valence-electron chi connectivity index (χ2n) is 5.34. The second kappa shape index (κ2) is 7.01. The molecule has 0 saturated heterocycles. The third-order valence-corrected chi connectivity index (χ3v) is 3.55. The van der Waals surface area contributed by atoms with E-state index in [1.54, 1.807) is 17.9 Å². The molecule has 0 fully saturated rings. The van der Waals surface area contributed by atoms with Crippen LogP contribution in [0.15, 0.2) is 48.8 Å². The van der Waals surface area contributed by atoms with Crippen molar-refractivity contribution in [2.45, 2.75) is 13.5 Å². The van der Waals surface area contributed by atoms with Gasteiger partial charge in [0.2, 0.25) is 0 Å². The Hall–Kier alpha value is -3.06. The summed E-state index contributed by atoms with van der Waals surface area (Å²) in [5, 5.41) is 14.0. The first-order valence-electron chi connectivity index (χ1n) is 7.40. The van der Waals surface area contributed by atoms with Crippen molar-refractivity contribution >= 4 is 11.6 Å². The largest absolute Gasteiger partial charge is 0.380 e. The maximum absolute atomic E-state index is 12.4. The number of tetrazole rings is 1. The SMILES string of the molecule is COCc1cccc(C(=O)Nc2ccc(-n3cnnn3)c(C)c2)c1. The minimum absolute atomic E-state index is 0.164. The molecule has 24 heavy (non-hydrogen) atoms. The van der Waals surface area contributed by atoms with E-state index in [0.29, 0.717) is 17.9 Å². The van der Waals surface area contributed by atoms with Gasteiger partial charge in [-0.15, -0.1) is 5.10 Å². The highest BCUT2D eigenvalue weighted by Crippen LogP contribution is 2.19. The Morgan fingerprint density at radius 1 is 1.25 bits per heavy atom. The number of carbonyl (C=O) groups is 1. The predicted octanol–water partition coefficient (Wildman–Crippen LogP) is 2.37. The standard InChI is InChI=1S/C17H17N5O2/c1-12-8-15(6-7-16(12)22-11-18-20-21-22)19-17(23)14-5-3-4-13(9-14)10-24-2/h3-9,11H,10H2,1-2H3,(H,19,23). The number of hydrogen-bond acceptors (Lipinski definition) is 5. The Morgan fingerprint density at radius 3 is 2.83 bits per heavy atom. The molecule has 122 valence electrons. The summed E-state index contributed by atoms with van der Waals surface area (Å²) in [6.45, 7) is 2.41. The number of anilines is 1. The van der Waals surface area contributed by atoms with Crippen LogP contribution >= 0.6 is 0 Å². The van der Waals surface area contributed by atoms with Crippen molar-refractivity contribution in [1.82, 2.24) is 20.2 Å². The molecule has 1 N–H and O–H groups in total. The third-order valence-electron chi connectivity index (χ3n) is 3.55. The van der Waals surface area contributed by atoms with Crippen LogP contribution in [0.2, 0.25) is 0 Å². The molecule has 0 aliphatic rings. The van der Waals surface area contributed by atoms with Gasteiger partial charge in [0.25, 0.3) is 5.91 Å². The van der Waals surface area contributed by atoms with Crippen LogP contribution in [0.25, 0.3) is 5.69 Å². The molecule has 1 amide bonds. The summed E-state index contributed by atoms with van der Waals surface area (Å²) in [5.74, 6) is -0.164. The number of benzene rings is 2. The lowest BCUT2D eigenvalue weighted by Crippen LogP contribution is -2.12. The Balaban J connectivity index is 1.77. The second-order valence-corrected chi connectivity index (χ2v) is 5.34. The van der Waals surface area contributed by atoms with Crippen molar-refractivity contribution in [3.63, 3.8) is 0 Å². The van der Waals surface area contributed by atoms with E-state index >= 15 is 0 Å². The lowest BCUT2D eigenvalue weighted by molar-refractivity contribution is 0.102. The van der Waals surface area contributed by atoms with Crippen molar-refractivity contribution in [3.8, 4) is 5.69 Å². The highest BCUT2D eigenvalue weighted by atomic mass is 16.5. The van der Waals surface area contributed by atoms with Crippen LogP contribution in [0, 0.1) is 6.92 Å².